The minimum atomic E-state index is -0.290. The maximum Gasteiger partial charge on any atom is 0.378 e. The van der Waals surface area contributed by atoms with Gasteiger partial charge in [0.05, 0.1) is 5.92 Å². The van der Waals surface area contributed by atoms with Crippen molar-refractivity contribution in [2.45, 2.75) is 33.6 Å². The van der Waals surface area contributed by atoms with E-state index in [0.29, 0.717) is 5.92 Å². The molecule has 0 rings (SSSR count). The summed E-state index contributed by atoms with van der Waals surface area (Å²) in [7, 11) is 4.79. The summed E-state index contributed by atoms with van der Waals surface area (Å²) >= 11 is 0. The van der Waals surface area contributed by atoms with Crippen LogP contribution in [0.5, 0.6) is 0 Å². The third-order valence-corrected chi connectivity index (χ3v) is 1.82. The molecule has 0 aromatic rings. The van der Waals surface area contributed by atoms with Crippen LogP contribution in [0.25, 0.3) is 0 Å². The minimum absolute atomic E-state index is 0.0370. The summed E-state index contributed by atoms with van der Waals surface area (Å²) in [5.74, 6) is -0.0159. The molecule has 0 saturated carbocycles. The molecule has 0 spiro atoms. The Morgan fingerprint density at radius 1 is 1.55 bits per heavy atom. The molecule has 0 N–H and O–H groups in total. The molecule has 62 valence electrons. The molecule has 0 amide bonds. The smallest absolute Gasteiger partial charge is 0.378 e. The molecule has 0 aliphatic rings. The summed E-state index contributed by atoms with van der Waals surface area (Å²) in [5, 5.41) is 0. The molecular weight excluding hydrogens is 139 g/mol. The van der Waals surface area contributed by atoms with Gasteiger partial charge >= 0.3 is 8.05 Å². The highest BCUT2D eigenvalue weighted by Gasteiger charge is 2.20. The normalized spacial score (nSPS) is 13.1. The van der Waals surface area contributed by atoms with E-state index in [9.17, 15) is 4.79 Å². The van der Waals surface area contributed by atoms with Gasteiger partial charge in [-0.15, -0.1) is 0 Å². The Labute approximate surface area is 69.8 Å². The molecule has 0 saturated heterocycles. The van der Waals surface area contributed by atoms with E-state index < -0.39 is 0 Å². The van der Waals surface area contributed by atoms with Gasteiger partial charge in [-0.1, -0.05) is 27.2 Å². The van der Waals surface area contributed by atoms with Gasteiger partial charge in [-0.05, 0) is 12.3 Å². The van der Waals surface area contributed by atoms with Gasteiger partial charge in [0.25, 0.3) is 5.97 Å². The Hall–Kier alpha value is -0.465. The Bertz CT molecular complexity index is 123. The lowest BCUT2D eigenvalue weighted by Crippen LogP contribution is -2.21. The van der Waals surface area contributed by atoms with Gasteiger partial charge in [-0.25, -0.2) is 0 Å². The standard InChI is InChI=1S/C8H15BO2/c1-4-5-7(6(2)3)8(10)11-9/h6-7H,4-5H2,1-3H3. The van der Waals surface area contributed by atoms with Gasteiger partial charge in [0.2, 0.25) is 0 Å². The summed E-state index contributed by atoms with van der Waals surface area (Å²) < 4.78 is 4.19. The van der Waals surface area contributed by atoms with E-state index in [1.165, 1.54) is 0 Å². The molecule has 11 heavy (non-hydrogen) atoms. The third kappa shape index (κ3) is 3.45. The number of hydrogen-bond acceptors (Lipinski definition) is 2. The molecule has 2 radical (unpaired) electrons. The van der Waals surface area contributed by atoms with Gasteiger partial charge in [-0.2, -0.15) is 0 Å². The number of hydrogen-bond donors (Lipinski definition) is 0. The molecular formula is C8H15BO2. The third-order valence-electron chi connectivity index (χ3n) is 1.82. The average Bonchev–Trinajstić information content (AvgIpc) is 1.98. The monoisotopic (exact) mass is 154 g/mol. The van der Waals surface area contributed by atoms with Crippen molar-refractivity contribution in [1.29, 1.82) is 0 Å². The van der Waals surface area contributed by atoms with Crippen molar-refractivity contribution in [3.05, 3.63) is 0 Å². The molecule has 0 aromatic heterocycles. The molecule has 0 heterocycles. The molecule has 1 unspecified atom stereocenters. The van der Waals surface area contributed by atoms with Crippen LogP contribution < -0.4 is 0 Å². The number of carbonyl (C=O) groups is 1. The van der Waals surface area contributed by atoms with Crippen LogP contribution in [-0.2, 0) is 9.45 Å². The van der Waals surface area contributed by atoms with E-state index in [1.807, 2.05) is 20.8 Å². The van der Waals surface area contributed by atoms with Crippen LogP contribution in [0.2, 0.25) is 0 Å². The van der Waals surface area contributed by atoms with Crippen molar-refractivity contribution < 1.29 is 9.45 Å². The van der Waals surface area contributed by atoms with E-state index in [0.717, 1.165) is 12.8 Å². The van der Waals surface area contributed by atoms with Crippen LogP contribution in [0.3, 0.4) is 0 Å². The largest absolute Gasteiger partial charge is 0.543 e. The second-order valence-corrected chi connectivity index (χ2v) is 3.08. The molecule has 1 atom stereocenters. The summed E-state index contributed by atoms with van der Waals surface area (Å²) in [5.41, 5.74) is 0. The molecule has 0 aliphatic carbocycles. The van der Waals surface area contributed by atoms with Crippen LogP contribution >= 0.6 is 0 Å². The van der Waals surface area contributed by atoms with Crippen molar-refractivity contribution in [3.8, 4) is 0 Å². The average molecular weight is 154 g/mol. The van der Waals surface area contributed by atoms with Gasteiger partial charge in [0.1, 0.15) is 0 Å². The molecule has 0 fully saturated rings. The highest BCUT2D eigenvalue weighted by Crippen LogP contribution is 2.17. The van der Waals surface area contributed by atoms with Gasteiger partial charge in [-0.3, -0.25) is 4.79 Å². The van der Waals surface area contributed by atoms with Crippen LogP contribution in [0.15, 0.2) is 0 Å². The van der Waals surface area contributed by atoms with Crippen molar-refractivity contribution in [1.82, 2.24) is 0 Å². The Morgan fingerprint density at radius 3 is 2.36 bits per heavy atom. The van der Waals surface area contributed by atoms with E-state index in [2.05, 4.69) is 4.65 Å². The first-order valence-electron chi connectivity index (χ1n) is 4.04. The van der Waals surface area contributed by atoms with Crippen LogP contribution in [-0.4, -0.2) is 14.0 Å². The predicted octanol–water partition coefficient (Wildman–Crippen LogP) is 1.69. The quantitative estimate of drug-likeness (QED) is 0.576. The fourth-order valence-electron chi connectivity index (χ4n) is 1.12. The summed E-state index contributed by atoms with van der Waals surface area (Å²) in [4.78, 5) is 11.0. The van der Waals surface area contributed by atoms with Gasteiger partial charge < -0.3 is 4.65 Å². The first-order chi connectivity index (χ1) is 5.13. The lowest BCUT2D eigenvalue weighted by molar-refractivity contribution is -0.140. The predicted molar refractivity (Wildman–Crippen MR) is 45.1 cm³/mol. The lowest BCUT2D eigenvalue weighted by Gasteiger charge is -2.17. The maximum atomic E-state index is 11.0. The van der Waals surface area contributed by atoms with Crippen LogP contribution in [0.4, 0.5) is 0 Å². The van der Waals surface area contributed by atoms with Crippen molar-refractivity contribution in [3.63, 3.8) is 0 Å². The van der Waals surface area contributed by atoms with E-state index in [4.69, 9.17) is 8.05 Å². The van der Waals surface area contributed by atoms with E-state index >= 15 is 0 Å². The maximum absolute atomic E-state index is 11.0. The highest BCUT2D eigenvalue weighted by atomic mass is 16.5. The summed E-state index contributed by atoms with van der Waals surface area (Å²) in [6.45, 7) is 6.04. The van der Waals surface area contributed by atoms with Crippen LogP contribution in [0, 0.1) is 11.8 Å². The van der Waals surface area contributed by atoms with E-state index in [-0.39, 0.29) is 11.9 Å². The Balaban J connectivity index is 3.98. The van der Waals surface area contributed by atoms with Crippen molar-refractivity contribution in [2.75, 3.05) is 0 Å². The second-order valence-electron chi connectivity index (χ2n) is 3.08. The van der Waals surface area contributed by atoms with E-state index in [1.54, 1.807) is 0 Å². The van der Waals surface area contributed by atoms with Crippen molar-refractivity contribution in [2.24, 2.45) is 11.8 Å². The first-order valence-corrected chi connectivity index (χ1v) is 4.04. The molecule has 0 aromatic carbocycles. The zero-order chi connectivity index (χ0) is 8.85. The van der Waals surface area contributed by atoms with Crippen LogP contribution in [0.1, 0.15) is 33.6 Å². The van der Waals surface area contributed by atoms with Crippen molar-refractivity contribution >= 4 is 14.0 Å². The highest BCUT2D eigenvalue weighted by molar-refractivity contribution is 6.05. The Kier molecular flexibility index (Phi) is 5.00. The topological polar surface area (TPSA) is 26.3 Å². The minimum Gasteiger partial charge on any atom is -0.543 e. The zero-order valence-corrected chi connectivity index (χ0v) is 7.46. The summed E-state index contributed by atoms with van der Waals surface area (Å²) in [6.07, 6.45) is 1.84. The molecule has 3 heteroatoms. The van der Waals surface area contributed by atoms with Gasteiger partial charge in [0.15, 0.2) is 0 Å². The number of carbonyl (C=O) groups excluding carboxylic acids is 1. The Morgan fingerprint density at radius 2 is 2.09 bits per heavy atom. The fraction of sp³-hybridized carbons (Fsp3) is 0.875. The molecule has 0 aliphatic heterocycles. The number of rotatable bonds is 4. The first kappa shape index (κ1) is 10.5. The fourth-order valence-corrected chi connectivity index (χ4v) is 1.12. The second kappa shape index (κ2) is 5.22. The SMILES string of the molecule is [B]OC(=O)C(CCC)C(C)C. The lowest BCUT2D eigenvalue weighted by atomic mass is 9.91. The summed E-state index contributed by atoms with van der Waals surface area (Å²) in [6, 6.07) is 0. The zero-order valence-electron chi connectivity index (χ0n) is 7.46. The molecule has 2 nitrogen and oxygen atoms in total. The molecule has 0 bridgehead atoms. The van der Waals surface area contributed by atoms with Gasteiger partial charge in [0, 0.05) is 0 Å².